The van der Waals surface area contributed by atoms with Crippen LogP contribution in [0.2, 0.25) is 0 Å². The van der Waals surface area contributed by atoms with E-state index in [0.717, 1.165) is 11.2 Å². The third kappa shape index (κ3) is 2.04. The van der Waals surface area contributed by atoms with E-state index in [9.17, 15) is 4.39 Å². The minimum absolute atomic E-state index is 0.0117. The van der Waals surface area contributed by atoms with Gasteiger partial charge in [-0.2, -0.15) is 0 Å². The first-order chi connectivity index (χ1) is 9.58. The molecule has 2 aromatic heterocycles. The minimum atomic E-state index is -0.230. The molecule has 0 saturated heterocycles. The molecule has 0 radical (unpaired) electrons. The van der Waals surface area contributed by atoms with Gasteiger partial charge in [0.2, 0.25) is 0 Å². The number of aromatic amines is 1. The molecule has 3 nitrogen and oxygen atoms in total. The number of H-pyrrole nitrogens is 1. The van der Waals surface area contributed by atoms with Gasteiger partial charge in [0.1, 0.15) is 5.82 Å². The lowest BCUT2D eigenvalue weighted by molar-refractivity contribution is 0.617. The molecule has 1 aromatic carbocycles. The number of hydrogen-bond donors (Lipinski definition) is 1. The van der Waals surface area contributed by atoms with E-state index in [1.807, 2.05) is 35.8 Å². The van der Waals surface area contributed by atoms with Gasteiger partial charge in [-0.15, -0.1) is 0 Å². The number of nitrogens with zero attached hydrogens (tertiary/aromatic N) is 2. The molecule has 0 amide bonds. The first-order valence-electron chi connectivity index (χ1n) is 6.39. The van der Waals surface area contributed by atoms with Crippen LogP contribution in [0.25, 0.3) is 11.0 Å². The van der Waals surface area contributed by atoms with Gasteiger partial charge in [-0.3, -0.25) is 4.98 Å². The predicted molar refractivity (Wildman–Crippen MR) is 79.9 cm³/mol. The summed E-state index contributed by atoms with van der Waals surface area (Å²) in [7, 11) is 0. The lowest BCUT2D eigenvalue weighted by atomic mass is 10.1. The van der Waals surface area contributed by atoms with E-state index in [0.29, 0.717) is 15.9 Å². The van der Waals surface area contributed by atoms with Gasteiger partial charge in [0.05, 0.1) is 22.8 Å². The lowest BCUT2D eigenvalue weighted by Crippen LogP contribution is -2.08. The molecule has 1 atom stereocenters. The molecule has 1 N–H and O–H groups in total. The van der Waals surface area contributed by atoms with Crippen molar-refractivity contribution in [2.24, 2.45) is 0 Å². The Morgan fingerprint density at radius 3 is 2.85 bits per heavy atom. The highest BCUT2D eigenvalue weighted by Crippen LogP contribution is 2.25. The monoisotopic (exact) mass is 287 g/mol. The molecule has 3 rings (SSSR count). The van der Waals surface area contributed by atoms with Crippen LogP contribution in [0.5, 0.6) is 0 Å². The highest BCUT2D eigenvalue weighted by molar-refractivity contribution is 7.71. The Morgan fingerprint density at radius 2 is 2.15 bits per heavy atom. The standard InChI is InChI=1S/C15H14FN3S/c1-9-7-14-13(8-11(9)16)18-15(20)19(14)10(2)12-5-3-4-6-17-12/h3-8,10H,1-2H3,(H,18,20). The number of nitrogens with one attached hydrogen (secondary N) is 1. The summed E-state index contributed by atoms with van der Waals surface area (Å²) in [6, 6.07) is 9.08. The van der Waals surface area contributed by atoms with E-state index in [-0.39, 0.29) is 11.9 Å². The van der Waals surface area contributed by atoms with Crippen molar-refractivity contribution in [2.75, 3.05) is 0 Å². The van der Waals surface area contributed by atoms with E-state index in [1.54, 1.807) is 13.1 Å². The number of rotatable bonds is 2. The summed E-state index contributed by atoms with van der Waals surface area (Å²) in [6.07, 6.45) is 1.76. The first kappa shape index (κ1) is 13.0. The number of aryl methyl sites for hydroxylation is 1. The van der Waals surface area contributed by atoms with Gasteiger partial charge in [-0.1, -0.05) is 6.07 Å². The number of halogens is 1. The van der Waals surface area contributed by atoms with Crippen LogP contribution >= 0.6 is 12.2 Å². The van der Waals surface area contributed by atoms with Gasteiger partial charge >= 0.3 is 0 Å². The second kappa shape index (κ2) is 4.83. The largest absolute Gasteiger partial charge is 0.330 e. The zero-order chi connectivity index (χ0) is 14.3. The summed E-state index contributed by atoms with van der Waals surface area (Å²) in [4.78, 5) is 7.42. The second-order valence-electron chi connectivity index (χ2n) is 4.85. The van der Waals surface area contributed by atoms with Crippen molar-refractivity contribution >= 4 is 23.3 Å². The first-order valence-corrected chi connectivity index (χ1v) is 6.80. The minimum Gasteiger partial charge on any atom is -0.330 e. The molecular formula is C15H14FN3S. The summed E-state index contributed by atoms with van der Waals surface area (Å²) in [6.45, 7) is 3.78. The SMILES string of the molecule is Cc1cc2c(cc1F)[nH]c(=S)n2C(C)c1ccccn1. The summed E-state index contributed by atoms with van der Waals surface area (Å²) in [5.74, 6) is -0.230. The Bertz CT molecular complexity index is 820. The van der Waals surface area contributed by atoms with Crippen molar-refractivity contribution in [3.63, 3.8) is 0 Å². The maximum Gasteiger partial charge on any atom is 0.178 e. The fraction of sp³-hybridized carbons (Fsp3) is 0.200. The van der Waals surface area contributed by atoms with Crippen LogP contribution in [-0.4, -0.2) is 14.5 Å². The third-order valence-electron chi connectivity index (χ3n) is 3.50. The normalized spacial score (nSPS) is 12.8. The summed E-state index contributed by atoms with van der Waals surface area (Å²) in [5.41, 5.74) is 3.13. The molecule has 0 bridgehead atoms. The molecule has 102 valence electrons. The number of pyridine rings is 1. The van der Waals surface area contributed by atoms with Crippen molar-refractivity contribution in [1.29, 1.82) is 0 Å². The van der Waals surface area contributed by atoms with E-state index < -0.39 is 0 Å². The van der Waals surface area contributed by atoms with Gasteiger partial charge < -0.3 is 9.55 Å². The number of fused-ring (bicyclic) bond motifs is 1. The Kier molecular flexibility index (Phi) is 3.14. The van der Waals surface area contributed by atoms with E-state index in [4.69, 9.17) is 12.2 Å². The molecule has 20 heavy (non-hydrogen) atoms. The van der Waals surface area contributed by atoms with Gasteiger partial charge in [-0.05, 0) is 55.9 Å². The van der Waals surface area contributed by atoms with Crippen molar-refractivity contribution in [3.8, 4) is 0 Å². The number of aromatic nitrogens is 3. The second-order valence-corrected chi connectivity index (χ2v) is 5.24. The average molecular weight is 287 g/mol. The van der Waals surface area contributed by atoms with Crippen molar-refractivity contribution in [1.82, 2.24) is 14.5 Å². The van der Waals surface area contributed by atoms with Gasteiger partial charge in [0, 0.05) is 6.20 Å². The van der Waals surface area contributed by atoms with Crippen molar-refractivity contribution in [2.45, 2.75) is 19.9 Å². The van der Waals surface area contributed by atoms with Gasteiger partial charge in [0.25, 0.3) is 0 Å². The molecule has 5 heteroatoms. The van der Waals surface area contributed by atoms with Crippen molar-refractivity contribution in [3.05, 3.63) is 58.4 Å². The summed E-state index contributed by atoms with van der Waals surface area (Å²) in [5, 5.41) is 0. The van der Waals surface area contributed by atoms with Crippen LogP contribution in [0.15, 0.2) is 36.5 Å². The quantitative estimate of drug-likeness (QED) is 0.718. The average Bonchev–Trinajstić information content (AvgIpc) is 2.75. The van der Waals surface area contributed by atoms with Crippen LogP contribution in [0, 0.1) is 17.5 Å². The highest BCUT2D eigenvalue weighted by Gasteiger charge is 2.15. The molecule has 2 heterocycles. The molecular weight excluding hydrogens is 273 g/mol. The Morgan fingerprint density at radius 1 is 1.35 bits per heavy atom. The highest BCUT2D eigenvalue weighted by atomic mass is 32.1. The van der Waals surface area contributed by atoms with Crippen LogP contribution in [0.3, 0.4) is 0 Å². The predicted octanol–water partition coefficient (Wildman–Crippen LogP) is 4.15. The summed E-state index contributed by atoms with van der Waals surface area (Å²) >= 11 is 5.37. The van der Waals surface area contributed by atoms with Crippen LogP contribution < -0.4 is 0 Å². The molecule has 3 aromatic rings. The van der Waals surface area contributed by atoms with Crippen LogP contribution in [0.4, 0.5) is 4.39 Å². The van der Waals surface area contributed by atoms with Gasteiger partial charge in [-0.25, -0.2) is 4.39 Å². The lowest BCUT2D eigenvalue weighted by Gasteiger charge is -2.14. The molecule has 0 aliphatic rings. The molecule has 0 aliphatic carbocycles. The van der Waals surface area contributed by atoms with E-state index >= 15 is 0 Å². The molecule has 0 saturated carbocycles. The molecule has 0 aliphatic heterocycles. The Labute approximate surface area is 121 Å². The molecule has 1 unspecified atom stereocenters. The van der Waals surface area contributed by atoms with Crippen LogP contribution in [0.1, 0.15) is 24.2 Å². The number of imidazole rings is 1. The topological polar surface area (TPSA) is 33.6 Å². The van der Waals surface area contributed by atoms with E-state index in [2.05, 4.69) is 9.97 Å². The van der Waals surface area contributed by atoms with Crippen molar-refractivity contribution < 1.29 is 4.39 Å². The van der Waals surface area contributed by atoms with Gasteiger partial charge in [0.15, 0.2) is 4.77 Å². The summed E-state index contributed by atoms with van der Waals surface area (Å²) < 4.78 is 16.2. The zero-order valence-electron chi connectivity index (χ0n) is 11.2. The number of hydrogen-bond acceptors (Lipinski definition) is 2. The third-order valence-corrected chi connectivity index (χ3v) is 3.80. The fourth-order valence-corrected chi connectivity index (χ4v) is 2.76. The zero-order valence-corrected chi connectivity index (χ0v) is 12.0. The number of benzene rings is 1. The maximum atomic E-state index is 13.6. The Hall–Kier alpha value is -2.01. The fourth-order valence-electron chi connectivity index (χ4n) is 2.39. The molecule has 0 spiro atoms. The van der Waals surface area contributed by atoms with Crippen LogP contribution in [-0.2, 0) is 0 Å². The smallest absolute Gasteiger partial charge is 0.178 e. The molecule has 0 fully saturated rings. The maximum absolute atomic E-state index is 13.6. The Balaban J connectivity index is 2.24. The van der Waals surface area contributed by atoms with E-state index in [1.165, 1.54) is 6.07 Å².